The number of aromatic nitrogens is 2. The summed E-state index contributed by atoms with van der Waals surface area (Å²) in [5.41, 5.74) is 1.05. The van der Waals surface area contributed by atoms with Gasteiger partial charge in [-0.15, -0.1) is 0 Å². The lowest BCUT2D eigenvalue weighted by Crippen LogP contribution is -2.37. The molecule has 0 radical (unpaired) electrons. The fraction of sp³-hybridized carbons (Fsp3) is 0.786. The van der Waals surface area contributed by atoms with E-state index in [9.17, 15) is 0 Å². The lowest BCUT2D eigenvalue weighted by atomic mass is 10.2. The van der Waals surface area contributed by atoms with Gasteiger partial charge in [-0.1, -0.05) is 6.92 Å². The topological polar surface area (TPSA) is 51.6 Å². The van der Waals surface area contributed by atoms with Gasteiger partial charge in [0.15, 0.2) is 6.29 Å². The summed E-state index contributed by atoms with van der Waals surface area (Å²) in [6.07, 6.45) is 2.51. The van der Waals surface area contributed by atoms with E-state index in [-0.39, 0.29) is 12.3 Å². The number of methoxy groups -OCH3 is 2. The summed E-state index contributed by atoms with van der Waals surface area (Å²) < 4.78 is 13.9. The van der Waals surface area contributed by atoms with E-state index in [0.717, 1.165) is 36.2 Å². The van der Waals surface area contributed by atoms with Crippen LogP contribution in [-0.2, 0) is 16.0 Å². The van der Waals surface area contributed by atoms with Crippen molar-refractivity contribution in [2.45, 2.75) is 32.2 Å². The minimum Gasteiger partial charge on any atom is -0.354 e. The molecule has 0 bridgehead atoms. The third-order valence-electron chi connectivity index (χ3n) is 3.24. The number of hydrogen-bond donors (Lipinski definition) is 1. The fourth-order valence-corrected chi connectivity index (χ4v) is 2.69. The number of nitrogens with one attached hydrogen (secondary N) is 1. The molecule has 0 aliphatic heterocycles. The van der Waals surface area contributed by atoms with Crippen LogP contribution < -0.4 is 5.32 Å². The van der Waals surface area contributed by atoms with Gasteiger partial charge in [-0.25, -0.2) is 0 Å². The summed E-state index contributed by atoms with van der Waals surface area (Å²) in [4.78, 5) is 2.14. The molecule has 0 aliphatic carbocycles. The molecule has 6 nitrogen and oxygen atoms in total. The average Bonchev–Trinajstić information content (AvgIpc) is 2.82. The van der Waals surface area contributed by atoms with Crippen molar-refractivity contribution in [3.63, 3.8) is 0 Å². The highest BCUT2D eigenvalue weighted by atomic mass is 79.9. The van der Waals surface area contributed by atoms with Gasteiger partial charge >= 0.3 is 0 Å². The monoisotopic (exact) mass is 362 g/mol. The molecule has 122 valence electrons. The van der Waals surface area contributed by atoms with E-state index in [1.165, 1.54) is 0 Å². The lowest BCUT2D eigenvalue weighted by Gasteiger charge is -2.27. The van der Waals surface area contributed by atoms with Crippen molar-refractivity contribution in [3.8, 4) is 0 Å². The highest BCUT2D eigenvalue weighted by Crippen LogP contribution is 2.27. The summed E-state index contributed by atoms with van der Waals surface area (Å²) >= 11 is 3.60. The van der Waals surface area contributed by atoms with Gasteiger partial charge in [-0.2, -0.15) is 5.10 Å². The molecule has 1 N–H and O–H groups in total. The second-order valence-corrected chi connectivity index (χ2v) is 6.03. The first-order valence-electron chi connectivity index (χ1n) is 7.20. The number of likely N-dealkylation sites (N-methyl/N-ethyl adjacent to an activating group) is 1. The maximum absolute atomic E-state index is 5.46. The first kappa shape index (κ1) is 18.6. The van der Waals surface area contributed by atoms with Crippen LogP contribution in [0.2, 0.25) is 0 Å². The molecule has 0 fully saturated rings. The standard InChI is InChI=1S/C14H27BrN4O2/c1-6-7-16-12(14(20-4)21-5)13-11(15)10-17-19(13)9-8-18(2)3/h10,12,14,16H,6-9H2,1-5H3. The second-order valence-electron chi connectivity index (χ2n) is 5.18. The van der Waals surface area contributed by atoms with Gasteiger partial charge in [0.2, 0.25) is 0 Å². The molecule has 0 saturated heterocycles. The van der Waals surface area contributed by atoms with E-state index in [4.69, 9.17) is 9.47 Å². The highest BCUT2D eigenvalue weighted by Gasteiger charge is 2.28. The molecule has 0 aliphatic rings. The van der Waals surface area contributed by atoms with E-state index in [1.807, 2.05) is 10.9 Å². The van der Waals surface area contributed by atoms with E-state index in [2.05, 4.69) is 52.3 Å². The predicted molar refractivity (Wildman–Crippen MR) is 87.3 cm³/mol. The van der Waals surface area contributed by atoms with Crippen LogP contribution in [-0.4, -0.2) is 62.4 Å². The van der Waals surface area contributed by atoms with Crippen LogP contribution in [0.5, 0.6) is 0 Å². The molecule has 0 saturated carbocycles. The third kappa shape index (κ3) is 5.34. The Balaban J connectivity index is 3.01. The molecule has 0 aromatic carbocycles. The number of rotatable bonds is 10. The van der Waals surface area contributed by atoms with Crippen LogP contribution in [0.3, 0.4) is 0 Å². The van der Waals surface area contributed by atoms with Gasteiger partial charge in [0, 0.05) is 20.8 Å². The number of hydrogen-bond acceptors (Lipinski definition) is 5. The summed E-state index contributed by atoms with van der Waals surface area (Å²) in [5.74, 6) is 0. The van der Waals surface area contributed by atoms with E-state index in [1.54, 1.807) is 14.2 Å². The quantitative estimate of drug-likeness (QED) is 0.644. The van der Waals surface area contributed by atoms with Crippen LogP contribution in [0, 0.1) is 0 Å². The van der Waals surface area contributed by atoms with Crippen molar-refractivity contribution in [1.29, 1.82) is 0 Å². The van der Waals surface area contributed by atoms with E-state index >= 15 is 0 Å². The summed E-state index contributed by atoms with van der Waals surface area (Å²) in [5, 5.41) is 7.95. The number of nitrogens with zero attached hydrogens (tertiary/aromatic N) is 3. The van der Waals surface area contributed by atoms with Gasteiger partial charge in [-0.3, -0.25) is 4.68 Å². The van der Waals surface area contributed by atoms with Crippen molar-refractivity contribution in [2.24, 2.45) is 0 Å². The van der Waals surface area contributed by atoms with Gasteiger partial charge in [0.25, 0.3) is 0 Å². The fourth-order valence-electron chi connectivity index (χ4n) is 2.14. The number of ether oxygens (including phenoxy) is 2. The third-order valence-corrected chi connectivity index (χ3v) is 3.85. The molecule has 1 atom stereocenters. The molecular weight excluding hydrogens is 336 g/mol. The zero-order valence-electron chi connectivity index (χ0n) is 13.6. The molecule has 1 aromatic heterocycles. The Morgan fingerprint density at radius 3 is 2.57 bits per heavy atom. The van der Waals surface area contributed by atoms with Crippen molar-refractivity contribution in [2.75, 3.05) is 41.4 Å². The molecule has 7 heteroatoms. The van der Waals surface area contributed by atoms with Gasteiger partial charge in [0.05, 0.1) is 22.9 Å². The normalized spacial score (nSPS) is 13.3. The minimum atomic E-state index is -0.359. The first-order chi connectivity index (χ1) is 10.0. The Morgan fingerprint density at radius 1 is 1.38 bits per heavy atom. The van der Waals surface area contributed by atoms with Gasteiger partial charge < -0.3 is 19.7 Å². The minimum absolute atomic E-state index is 0.0704. The zero-order chi connectivity index (χ0) is 15.8. The highest BCUT2D eigenvalue weighted by molar-refractivity contribution is 9.10. The van der Waals surface area contributed by atoms with Gasteiger partial charge in [-0.05, 0) is 43.0 Å². The summed E-state index contributed by atoms with van der Waals surface area (Å²) in [6, 6.07) is -0.0704. The van der Waals surface area contributed by atoms with Crippen LogP contribution in [0.25, 0.3) is 0 Å². The van der Waals surface area contributed by atoms with Crippen molar-refractivity contribution < 1.29 is 9.47 Å². The van der Waals surface area contributed by atoms with E-state index in [0.29, 0.717) is 0 Å². The maximum atomic E-state index is 5.46. The summed E-state index contributed by atoms with van der Waals surface area (Å²) in [7, 11) is 7.42. The number of halogens is 1. The SMILES string of the molecule is CCCNC(c1c(Br)cnn1CCN(C)C)C(OC)OC. The molecule has 1 unspecified atom stereocenters. The van der Waals surface area contributed by atoms with Gasteiger partial charge in [0.1, 0.15) is 6.04 Å². The Morgan fingerprint density at radius 2 is 2.05 bits per heavy atom. The molecule has 1 heterocycles. The molecule has 0 amide bonds. The second kappa shape index (κ2) is 9.53. The largest absolute Gasteiger partial charge is 0.354 e. The lowest BCUT2D eigenvalue weighted by molar-refractivity contribution is -0.125. The molecular formula is C14H27BrN4O2. The van der Waals surface area contributed by atoms with Crippen LogP contribution in [0.4, 0.5) is 0 Å². The zero-order valence-corrected chi connectivity index (χ0v) is 15.2. The molecule has 0 spiro atoms. The predicted octanol–water partition coefficient (Wildman–Crippen LogP) is 1.87. The Labute approximate surface area is 135 Å². The van der Waals surface area contributed by atoms with Crippen LogP contribution in [0.1, 0.15) is 25.1 Å². The van der Waals surface area contributed by atoms with Crippen molar-refractivity contribution in [3.05, 3.63) is 16.4 Å². The maximum Gasteiger partial charge on any atom is 0.177 e. The van der Waals surface area contributed by atoms with Crippen LogP contribution >= 0.6 is 15.9 Å². The molecule has 1 aromatic rings. The first-order valence-corrected chi connectivity index (χ1v) is 7.99. The molecule has 21 heavy (non-hydrogen) atoms. The Bertz CT molecular complexity index is 408. The van der Waals surface area contributed by atoms with Crippen molar-refractivity contribution >= 4 is 15.9 Å². The Hall–Kier alpha value is -0.470. The average molecular weight is 363 g/mol. The van der Waals surface area contributed by atoms with E-state index < -0.39 is 0 Å². The Kier molecular flexibility index (Phi) is 8.43. The van der Waals surface area contributed by atoms with Crippen molar-refractivity contribution in [1.82, 2.24) is 20.0 Å². The molecule has 1 rings (SSSR count). The van der Waals surface area contributed by atoms with Crippen LogP contribution in [0.15, 0.2) is 10.7 Å². The summed E-state index contributed by atoms with van der Waals surface area (Å²) in [6.45, 7) is 4.76. The smallest absolute Gasteiger partial charge is 0.177 e.